The fraction of sp³-hybridized carbons (Fsp3) is 0.647. The molecule has 0 spiro atoms. The number of hydrogen-bond donors (Lipinski definition) is 2. The summed E-state index contributed by atoms with van der Waals surface area (Å²) in [5.41, 5.74) is 1.25. The SMILES string of the molecule is CCC(O)(CC)c1ccc(CC(O)C(C)(C)C)cc1. The summed E-state index contributed by atoms with van der Waals surface area (Å²) in [5.74, 6) is 0. The lowest BCUT2D eigenvalue weighted by atomic mass is 9.84. The summed E-state index contributed by atoms with van der Waals surface area (Å²) in [6, 6.07) is 8.00. The van der Waals surface area contributed by atoms with Gasteiger partial charge < -0.3 is 10.2 Å². The molecule has 0 bridgehead atoms. The zero-order valence-corrected chi connectivity index (χ0v) is 12.9. The van der Waals surface area contributed by atoms with E-state index < -0.39 is 5.60 Å². The van der Waals surface area contributed by atoms with E-state index in [1.807, 2.05) is 58.9 Å². The third-order valence-electron chi connectivity index (χ3n) is 4.09. The van der Waals surface area contributed by atoms with Crippen LogP contribution in [-0.2, 0) is 12.0 Å². The van der Waals surface area contributed by atoms with Crippen molar-refractivity contribution in [1.82, 2.24) is 0 Å². The van der Waals surface area contributed by atoms with Crippen LogP contribution in [0.3, 0.4) is 0 Å². The maximum absolute atomic E-state index is 10.5. The minimum atomic E-state index is -0.721. The first-order chi connectivity index (χ1) is 8.73. The first-order valence-corrected chi connectivity index (χ1v) is 7.22. The molecule has 1 atom stereocenters. The molecule has 0 radical (unpaired) electrons. The zero-order valence-electron chi connectivity index (χ0n) is 12.9. The second kappa shape index (κ2) is 6.06. The second-order valence-corrected chi connectivity index (χ2v) is 6.52. The number of aliphatic hydroxyl groups is 2. The summed E-state index contributed by atoms with van der Waals surface area (Å²) >= 11 is 0. The fourth-order valence-corrected chi connectivity index (χ4v) is 2.14. The summed E-state index contributed by atoms with van der Waals surface area (Å²) in [7, 11) is 0. The first-order valence-electron chi connectivity index (χ1n) is 7.22. The molecule has 1 unspecified atom stereocenters. The van der Waals surface area contributed by atoms with Crippen LogP contribution in [0.1, 0.15) is 58.6 Å². The van der Waals surface area contributed by atoms with Gasteiger partial charge in [-0.1, -0.05) is 58.9 Å². The Balaban J connectivity index is 2.83. The molecule has 0 saturated heterocycles. The van der Waals surface area contributed by atoms with Gasteiger partial charge in [-0.3, -0.25) is 0 Å². The Morgan fingerprint density at radius 2 is 1.47 bits per heavy atom. The van der Waals surface area contributed by atoms with Crippen LogP contribution in [0.5, 0.6) is 0 Å². The summed E-state index contributed by atoms with van der Waals surface area (Å²) < 4.78 is 0. The molecule has 2 N–H and O–H groups in total. The molecule has 0 fully saturated rings. The summed E-state index contributed by atoms with van der Waals surface area (Å²) in [4.78, 5) is 0. The molecule has 0 aliphatic heterocycles. The van der Waals surface area contributed by atoms with E-state index in [0.29, 0.717) is 19.3 Å². The highest BCUT2D eigenvalue weighted by Crippen LogP contribution is 2.29. The predicted octanol–water partition coefficient (Wildman–Crippen LogP) is 3.64. The van der Waals surface area contributed by atoms with Crippen molar-refractivity contribution in [1.29, 1.82) is 0 Å². The lowest BCUT2D eigenvalue weighted by Crippen LogP contribution is -2.28. The minimum absolute atomic E-state index is 0.105. The molecule has 1 rings (SSSR count). The average molecular weight is 264 g/mol. The summed E-state index contributed by atoms with van der Waals surface area (Å²) in [6.45, 7) is 10.1. The molecule has 0 aliphatic rings. The lowest BCUT2D eigenvalue weighted by molar-refractivity contribution is 0.0283. The van der Waals surface area contributed by atoms with E-state index in [1.165, 1.54) is 0 Å². The smallest absolute Gasteiger partial charge is 0.0891 e. The highest BCUT2D eigenvalue weighted by atomic mass is 16.3. The molecule has 0 aliphatic carbocycles. The largest absolute Gasteiger partial charge is 0.392 e. The third kappa shape index (κ3) is 4.05. The van der Waals surface area contributed by atoms with Crippen molar-refractivity contribution in [3.05, 3.63) is 35.4 Å². The van der Waals surface area contributed by atoms with Crippen molar-refractivity contribution in [2.75, 3.05) is 0 Å². The Morgan fingerprint density at radius 1 is 1.00 bits per heavy atom. The topological polar surface area (TPSA) is 40.5 Å². The van der Waals surface area contributed by atoms with Crippen LogP contribution in [-0.4, -0.2) is 16.3 Å². The molecule has 0 amide bonds. The monoisotopic (exact) mass is 264 g/mol. The van der Waals surface area contributed by atoms with Crippen LogP contribution >= 0.6 is 0 Å². The van der Waals surface area contributed by atoms with E-state index in [4.69, 9.17) is 0 Å². The van der Waals surface area contributed by atoms with Gasteiger partial charge in [-0.05, 0) is 35.8 Å². The van der Waals surface area contributed by atoms with Crippen molar-refractivity contribution in [3.63, 3.8) is 0 Å². The van der Waals surface area contributed by atoms with Crippen LogP contribution in [0, 0.1) is 5.41 Å². The van der Waals surface area contributed by atoms with E-state index in [1.54, 1.807) is 0 Å². The van der Waals surface area contributed by atoms with Crippen LogP contribution in [0.25, 0.3) is 0 Å². The van der Waals surface area contributed by atoms with Crippen LogP contribution in [0.4, 0.5) is 0 Å². The van der Waals surface area contributed by atoms with Gasteiger partial charge in [-0.25, -0.2) is 0 Å². The van der Waals surface area contributed by atoms with Crippen molar-refractivity contribution in [2.24, 2.45) is 5.41 Å². The number of benzene rings is 1. The molecule has 19 heavy (non-hydrogen) atoms. The van der Waals surface area contributed by atoms with Gasteiger partial charge in [0.1, 0.15) is 0 Å². The molecule has 2 nitrogen and oxygen atoms in total. The first kappa shape index (κ1) is 16.2. The lowest BCUT2D eigenvalue weighted by Gasteiger charge is -2.27. The second-order valence-electron chi connectivity index (χ2n) is 6.52. The Morgan fingerprint density at radius 3 is 1.84 bits per heavy atom. The summed E-state index contributed by atoms with van der Waals surface area (Å²) in [6.07, 6.45) is 1.73. The van der Waals surface area contributed by atoms with Gasteiger partial charge in [0.15, 0.2) is 0 Å². The van der Waals surface area contributed by atoms with E-state index >= 15 is 0 Å². The average Bonchev–Trinajstić information content (AvgIpc) is 2.37. The highest BCUT2D eigenvalue weighted by Gasteiger charge is 2.25. The predicted molar refractivity (Wildman–Crippen MR) is 80.1 cm³/mol. The van der Waals surface area contributed by atoms with E-state index in [0.717, 1.165) is 11.1 Å². The van der Waals surface area contributed by atoms with Crippen molar-refractivity contribution < 1.29 is 10.2 Å². The fourth-order valence-electron chi connectivity index (χ4n) is 2.14. The zero-order chi connectivity index (χ0) is 14.7. The van der Waals surface area contributed by atoms with Gasteiger partial charge in [0, 0.05) is 0 Å². The number of rotatable bonds is 5. The summed E-state index contributed by atoms with van der Waals surface area (Å²) in [5, 5.41) is 20.6. The molecule has 0 saturated carbocycles. The van der Waals surface area contributed by atoms with Crippen LogP contribution in [0.2, 0.25) is 0 Å². The van der Waals surface area contributed by atoms with E-state index in [9.17, 15) is 10.2 Å². The van der Waals surface area contributed by atoms with Gasteiger partial charge in [0.2, 0.25) is 0 Å². The van der Waals surface area contributed by atoms with E-state index in [2.05, 4.69) is 0 Å². The quantitative estimate of drug-likeness (QED) is 0.852. The van der Waals surface area contributed by atoms with Crippen LogP contribution < -0.4 is 0 Å². The standard InChI is InChI=1S/C17H28O2/c1-6-17(19,7-2)14-10-8-13(9-11-14)12-15(18)16(3,4)5/h8-11,15,18-19H,6-7,12H2,1-5H3. The van der Waals surface area contributed by atoms with Crippen molar-refractivity contribution in [2.45, 2.75) is 65.6 Å². The Hall–Kier alpha value is -0.860. The van der Waals surface area contributed by atoms with Gasteiger partial charge in [0.05, 0.1) is 11.7 Å². The Bertz CT molecular complexity index is 383. The molecule has 1 aromatic rings. The van der Waals surface area contributed by atoms with Crippen LogP contribution in [0.15, 0.2) is 24.3 Å². The third-order valence-corrected chi connectivity index (χ3v) is 4.09. The maximum Gasteiger partial charge on any atom is 0.0891 e. The Labute approximate surface area is 117 Å². The maximum atomic E-state index is 10.5. The molecule has 2 heteroatoms. The molecular formula is C17H28O2. The van der Waals surface area contributed by atoms with Gasteiger partial charge in [0.25, 0.3) is 0 Å². The van der Waals surface area contributed by atoms with Crippen molar-refractivity contribution in [3.8, 4) is 0 Å². The van der Waals surface area contributed by atoms with E-state index in [-0.39, 0.29) is 11.5 Å². The Kier molecular flexibility index (Phi) is 5.17. The van der Waals surface area contributed by atoms with Crippen molar-refractivity contribution >= 4 is 0 Å². The molecule has 1 aromatic carbocycles. The van der Waals surface area contributed by atoms with Gasteiger partial charge in [-0.2, -0.15) is 0 Å². The normalized spacial score (nSPS) is 14.5. The van der Waals surface area contributed by atoms with Gasteiger partial charge >= 0.3 is 0 Å². The number of hydrogen-bond acceptors (Lipinski definition) is 2. The minimum Gasteiger partial charge on any atom is -0.392 e. The highest BCUT2D eigenvalue weighted by molar-refractivity contribution is 5.27. The molecule has 108 valence electrons. The molecule has 0 aromatic heterocycles. The number of aliphatic hydroxyl groups excluding tert-OH is 1. The molecular weight excluding hydrogens is 236 g/mol. The molecule has 0 heterocycles. The van der Waals surface area contributed by atoms with Gasteiger partial charge in [-0.15, -0.1) is 0 Å².